The maximum absolute atomic E-state index is 9.53. The zero-order valence-corrected chi connectivity index (χ0v) is 10.4. The van der Waals surface area contributed by atoms with Crippen LogP contribution in [0.25, 0.3) is 5.95 Å². The van der Waals surface area contributed by atoms with Gasteiger partial charge in [0.25, 0.3) is 5.95 Å². The molecule has 0 saturated heterocycles. The second-order valence-corrected chi connectivity index (χ2v) is 3.76. The number of anilines is 2. The van der Waals surface area contributed by atoms with Gasteiger partial charge in [-0.1, -0.05) is 0 Å². The van der Waals surface area contributed by atoms with Crippen molar-refractivity contribution in [1.29, 1.82) is 0 Å². The molecule has 9 nitrogen and oxygen atoms in total. The number of nitrogens with one attached hydrogen (secondary N) is 1. The molecule has 0 spiro atoms. The van der Waals surface area contributed by atoms with E-state index in [1.807, 2.05) is 0 Å². The molecular formula is C10H15N7O2. The van der Waals surface area contributed by atoms with Crippen molar-refractivity contribution in [3.8, 4) is 5.95 Å². The van der Waals surface area contributed by atoms with Gasteiger partial charge in [0.15, 0.2) is 0 Å². The molecule has 0 fully saturated rings. The monoisotopic (exact) mass is 265 g/mol. The molecule has 0 aliphatic rings. The third kappa shape index (κ3) is 3.60. The summed E-state index contributed by atoms with van der Waals surface area (Å²) >= 11 is 0. The van der Waals surface area contributed by atoms with Gasteiger partial charge in [0.2, 0.25) is 11.9 Å². The van der Waals surface area contributed by atoms with E-state index in [1.54, 1.807) is 18.5 Å². The largest absolute Gasteiger partial charge is 0.389 e. The number of nitrogen functional groups attached to an aromatic ring is 1. The Morgan fingerprint density at radius 2 is 2.32 bits per heavy atom. The van der Waals surface area contributed by atoms with E-state index in [1.165, 1.54) is 11.8 Å². The molecule has 2 heterocycles. The lowest BCUT2D eigenvalue weighted by molar-refractivity contribution is 0.0726. The predicted molar refractivity (Wildman–Crippen MR) is 67.7 cm³/mol. The number of aliphatic hydroxyl groups excluding tert-OH is 1. The third-order valence-electron chi connectivity index (χ3n) is 2.21. The standard InChI is InChI=1S/C10H15N7O2/c1-19-6-7(18)5-12-9-14-8(11)15-10(16-9)17-4-2-3-13-17/h2-4,7,18H,5-6H2,1H3,(H3,11,12,14,15,16). The van der Waals surface area contributed by atoms with E-state index in [2.05, 4.69) is 25.4 Å². The number of rotatable bonds is 6. The smallest absolute Gasteiger partial charge is 0.257 e. The van der Waals surface area contributed by atoms with Gasteiger partial charge in [-0.2, -0.15) is 20.1 Å². The van der Waals surface area contributed by atoms with Gasteiger partial charge in [-0.3, -0.25) is 0 Å². The maximum atomic E-state index is 9.53. The summed E-state index contributed by atoms with van der Waals surface area (Å²) in [5.74, 6) is 0.651. The normalized spacial score (nSPS) is 12.3. The fourth-order valence-electron chi connectivity index (χ4n) is 1.41. The minimum atomic E-state index is -0.656. The highest BCUT2D eigenvalue weighted by molar-refractivity contribution is 5.34. The summed E-state index contributed by atoms with van der Waals surface area (Å²) in [4.78, 5) is 12.0. The second-order valence-electron chi connectivity index (χ2n) is 3.76. The van der Waals surface area contributed by atoms with Crippen molar-refractivity contribution >= 4 is 11.9 Å². The van der Waals surface area contributed by atoms with Crippen LogP contribution in [-0.4, -0.2) is 56.2 Å². The van der Waals surface area contributed by atoms with Crippen LogP contribution in [0.5, 0.6) is 0 Å². The Bertz CT molecular complexity index is 517. The summed E-state index contributed by atoms with van der Waals surface area (Å²) in [7, 11) is 1.51. The van der Waals surface area contributed by atoms with E-state index in [9.17, 15) is 5.11 Å². The number of methoxy groups -OCH3 is 1. The highest BCUT2D eigenvalue weighted by Gasteiger charge is 2.08. The van der Waals surface area contributed by atoms with Crippen LogP contribution in [0, 0.1) is 0 Å². The van der Waals surface area contributed by atoms with Crippen molar-refractivity contribution in [3.05, 3.63) is 18.5 Å². The lowest BCUT2D eigenvalue weighted by atomic mass is 10.4. The van der Waals surface area contributed by atoms with Gasteiger partial charge in [0.05, 0.1) is 12.7 Å². The minimum Gasteiger partial charge on any atom is -0.389 e. The molecule has 19 heavy (non-hydrogen) atoms. The number of hydrogen-bond acceptors (Lipinski definition) is 8. The molecule has 0 aromatic carbocycles. The Morgan fingerprint density at radius 3 is 3.00 bits per heavy atom. The lowest BCUT2D eigenvalue weighted by Gasteiger charge is -2.11. The van der Waals surface area contributed by atoms with Crippen molar-refractivity contribution in [3.63, 3.8) is 0 Å². The second kappa shape index (κ2) is 6.07. The van der Waals surface area contributed by atoms with Crippen molar-refractivity contribution in [2.75, 3.05) is 31.3 Å². The molecule has 0 radical (unpaired) electrons. The Kier molecular flexibility index (Phi) is 4.21. The van der Waals surface area contributed by atoms with Crippen molar-refractivity contribution < 1.29 is 9.84 Å². The first kappa shape index (κ1) is 13.2. The van der Waals surface area contributed by atoms with Crippen LogP contribution in [0.4, 0.5) is 11.9 Å². The quantitative estimate of drug-likeness (QED) is 0.611. The Morgan fingerprint density at radius 1 is 1.47 bits per heavy atom. The van der Waals surface area contributed by atoms with Gasteiger partial charge >= 0.3 is 0 Å². The summed E-state index contributed by atoms with van der Waals surface area (Å²) < 4.78 is 6.28. The number of ether oxygens (including phenoxy) is 1. The van der Waals surface area contributed by atoms with E-state index in [0.29, 0.717) is 5.95 Å². The number of aliphatic hydroxyl groups is 1. The summed E-state index contributed by atoms with van der Waals surface area (Å²) in [6, 6.07) is 1.75. The van der Waals surface area contributed by atoms with Gasteiger partial charge in [-0.05, 0) is 6.07 Å². The van der Waals surface area contributed by atoms with E-state index in [0.717, 1.165) is 0 Å². The molecule has 102 valence electrons. The molecule has 2 aromatic heterocycles. The lowest BCUT2D eigenvalue weighted by Crippen LogP contribution is -2.25. The molecule has 0 amide bonds. The van der Waals surface area contributed by atoms with Crippen molar-refractivity contribution in [2.24, 2.45) is 0 Å². The average molecular weight is 265 g/mol. The van der Waals surface area contributed by atoms with Crippen LogP contribution in [0.15, 0.2) is 18.5 Å². The molecule has 0 aliphatic carbocycles. The van der Waals surface area contributed by atoms with Crippen LogP contribution >= 0.6 is 0 Å². The summed E-state index contributed by atoms with van der Waals surface area (Å²) in [5.41, 5.74) is 5.60. The first-order valence-corrected chi connectivity index (χ1v) is 5.61. The van der Waals surface area contributed by atoms with E-state index >= 15 is 0 Å². The Balaban J connectivity index is 2.09. The average Bonchev–Trinajstić information content (AvgIpc) is 2.90. The van der Waals surface area contributed by atoms with Crippen LogP contribution in [0.1, 0.15) is 0 Å². The molecule has 0 saturated carbocycles. The zero-order chi connectivity index (χ0) is 13.7. The van der Waals surface area contributed by atoms with Gasteiger partial charge < -0.3 is 20.9 Å². The number of hydrogen-bond donors (Lipinski definition) is 3. The topological polar surface area (TPSA) is 124 Å². The van der Waals surface area contributed by atoms with Gasteiger partial charge in [0, 0.05) is 26.0 Å². The summed E-state index contributed by atoms with van der Waals surface area (Å²) in [5, 5.41) is 16.4. The first-order chi connectivity index (χ1) is 9.19. The fourth-order valence-corrected chi connectivity index (χ4v) is 1.41. The molecule has 0 aliphatic heterocycles. The van der Waals surface area contributed by atoms with Crippen LogP contribution in [-0.2, 0) is 4.74 Å². The van der Waals surface area contributed by atoms with E-state index < -0.39 is 6.10 Å². The molecule has 2 aromatic rings. The molecule has 0 bridgehead atoms. The molecule has 1 unspecified atom stereocenters. The first-order valence-electron chi connectivity index (χ1n) is 5.61. The van der Waals surface area contributed by atoms with Gasteiger partial charge in [-0.15, -0.1) is 0 Å². The number of aromatic nitrogens is 5. The SMILES string of the molecule is COCC(O)CNc1nc(N)nc(-n2cccn2)n1. The molecule has 9 heteroatoms. The van der Waals surface area contributed by atoms with Crippen LogP contribution in [0.2, 0.25) is 0 Å². The Hall–Kier alpha value is -2.26. The summed E-state index contributed by atoms with van der Waals surface area (Å²) in [6.07, 6.45) is 2.64. The van der Waals surface area contributed by atoms with Gasteiger partial charge in [-0.25, -0.2) is 4.68 Å². The van der Waals surface area contributed by atoms with Crippen molar-refractivity contribution in [2.45, 2.75) is 6.10 Å². The molecular weight excluding hydrogens is 250 g/mol. The third-order valence-corrected chi connectivity index (χ3v) is 2.21. The molecule has 1 atom stereocenters. The van der Waals surface area contributed by atoms with Crippen molar-refractivity contribution in [1.82, 2.24) is 24.7 Å². The van der Waals surface area contributed by atoms with Gasteiger partial charge in [0.1, 0.15) is 0 Å². The highest BCUT2D eigenvalue weighted by atomic mass is 16.5. The molecule has 4 N–H and O–H groups in total. The van der Waals surface area contributed by atoms with E-state index in [4.69, 9.17) is 10.5 Å². The Labute approximate surface area is 109 Å². The maximum Gasteiger partial charge on any atom is 0.257 e. The molecule has 2 rings (SSSR count). The predicted octanol–water partition coefficient (Wildman–Crippen LogP) is -0.941. The van der Waals surface area contributed by atoms with Crippen LogP contribution in [0.3, 0.4) is 0 Å². The van der Waals surface area contributed by atoms with Crippen LogP contribution < -0.4 is 11.1 Å². The summed E-state index contributed by atoms with van der Waals surface area (Å²) in [6.45, 7) is 0.468. The fraction of sp³-hybridized carbons (Fsp3) is 0.400. The highest BCUT2D eigenvalue weighted by Crippen LogP contribution is 2.06. The zero-order valence-electron chi connectivity index (χ0n) is 10.4. The number of nitrogens with zero attached hydrogens (tertiary/aromatic N) is 5. The minimum absolute atomic E-state index is 0.0734. The van der Waals surface area contributed by atoms with E-state index in [-0.39, 0.29) is 25.0 Å². The number of nitrogens with two attached hydrogens (primary N) is 1.